The zero-order chi connectivity index (χ0) is 10.6. The molecule has 0 aliphatic carbocycles. The maximum atomic E-state index is 10.8. The zero-order valence-electron chi connectivity index (χ0n) is 8.15. The maximum Gasteiger partial charge on any atom is 0.248 e. The summed E-state index contributed by atoms with van der Waals surface area (Å²) >= 11 is 1.59. The van der Waals surface area contributed by atoms with E-state index in [-0.39, 0.29) is 0 Å². The van der Waals surface area contributed by atoms with Crippen molar-refractivity contribution in [2.45, 2.75) is 6.92 Å². The van der Waals surface area contributed by atoms with Crippen LogP contribution in [0.5, 0.6) is 0 Å². The van der Waals surface area contributed by atoms with E-state index in [1.54, 1.807) is 36.0 Å². The molecule has 0 spiro atoms. The SMILES string of the molecule is CSC(C)=Nc1ccc(C(N)=O)cc1. The minimum absolute atomic E-state index is 0.415. The molecule has 3 nitrogen and oxygen atoms in total. The quantitative estimate of drug-likeness (QED) is 0.598. The van der Waals surface area contributed by atoms with Crippen LogP contribution in [0.3, 0.4) is 0 Å². The second-order valence-corrected chi connectivity index (χ2v) is 3.75. The molecule has 0 aliphatic rings. The summed E-state index contributed by atoms with van der Waals surface area (Å²) in [5.74, 6) is -0.415. The van der Waals surface area contributed by atoms with Crippen LogP contribution in [0.4, 0.5) is 5.69 Å². The normalized spacial score (nSPS) is 11.4. The van der Waals surface area contributed by atoms with Crippen molar-refractivity contribution >= 4 is 28.4 Å². The van der Waals surface area contributed by atoms with Gasteiger partial charge in [-0.2, -0.15) is 0 Å². The Bertz CT molecular complexity index is 357. The number of aliphatic imine (C=N–C) groups is 1. The minimum Gasteiger partial charge on any atom is -0.366 e. The Morgan fingerprint density at radius 2 is 1.93 bits per heavy atom. The number of nitrogens with zero attached hydrogens (tertiary/aromatic N) is 1. The fourth-order valence-electron chi connectivity index (χ4n) is 0.928. The molecule has 14 heavy (non-hydrogen) atoms. The molecule has 2 N–H and O–H groups in total. The summed E-state index contributed by atoms with van der Waals surface area (Å²) < 4.78 is 0. The summed E-state index contributed by atoms with van der Waals surface area (Å²) in [4.78, 5) is 15.1. The van der Waals surface area contributed by atoms with E-state index in [4.69, 9.17) is 5.73 Å². The topological polar surface area (TPSA) is 55.4 Å². The summed E-state index contributed by atoms with van der Waals surface area (Å²) in [6, 6.07) is 6.91. The summed E-state index contributed by atoms with van der Waals surface area (Å²) in [5, 5.41) is 0.983. The molecule has 0 radical (unpaired) electrons. The van der Waals surface area contributed by atoms with Gasteiger partial charge in [0.05, 0.1) is 10.7 Å². The zero-order valence-corrected chi connectivity index (χ0v) is 8.97. The van der Waals surface area contributed by atoms with Gasteiger partial charge in [0.2, 0.25) is 5.91 Å². The molecule has 74 valence electrons. The number of thioether (sulfide) groups is 1. The van der Waals surface area contributed by atoms with Gasteiger partial charge < -0.3 is 5.73 Å². The van der Waals surface area contributed by atoms with Gasteiger partial charge >= 0.3 is 0 Å². The van der Waals surface area contributed by atoms with Gasteiger partial charge in [-0.3, -0.25) is 4.79 Å². The number of benzene rings is 1. The molecule has 0 saturated heterocycles. The van der Waals surface area contributed by atoms with Gasteiger partial charge in [0, 0.05) is 5.56 Å². The van der Waals surface area contributed by atoms with Crippen LogP contribution in [0.25, 0.3) is 0 Å². The highest BCUT2D eigenvalue weighted by Gasteiger charge is 1.98. The van der Waals surface area contributed by atoms with Crippen LogP contribution in [0.1, 0.15) is 17.3 Å². The molecule has 0 aromatic heterocycles. The standard InChI is InChI=1S/C10H12N2OS/c1-7(14-2)12-9-5-3-8(4-6-9)10(11)13/h3-6H,1-2H3,(H2,11,13). The third kappa shape index (κ3) is 2.88. The number of carbonyl (C=O) groups excluding carboxylic acids is 1. The molecule has 0 aliphatic heterocycles. The molecule has 1 aromatic rings. The molecule has 0 bridgehead atoms. The highest BCUT2D eigenvalue weighted by Crippen LogP contribution is 2.15. The molecular formula is C10H12N2OS. The molecule has 1 rings (SSSR count). The second-order valence-electron chi connectivity index (χ2n) is 2.75. The highest BCUT2D eigenvalue weighted by atomic mass is 32.2. The van der Waals surface area contributed by atoms with Crippen molar-refractivity contribution in [2.75, 3.05) is 6.26 Å². The average Bonchev–Trinajstić information content (AvgIpc) is 2.18. The van der Waals surface area contributed by atoms with E-state index in [0.29, 0.717) is 5.56 Å². The number of nitrogens with two attached hydrogens (primary N) is 1. The number of hydrogen-bond acceptors (Lipinski definition) is 3. The number of amides is 1. The molecule has 0 unspecified atom stereocenters. The van der Waals surface area contributed by atoms with Crippen LogP contribution in [-0.2, 0) is 0 Å². The van der Waals surface area contributed by atoms with E-state index in [1.807, 2.05) is 13.2 Å². The van der Waals surface area contributed by atoms with E-state index < -0.39 is 5.91 Å². The molecule has 0 fully saturated rings. The lowest BCUT2D eigenvalue weighted by molar-refractivity contribution is 0.100. The third-order valence-corrected chi connectivity index (χ3v) is 2.42. The summed E-state index contributed by atoms with van der Waals surface area (Å²) in [7, 11) is 0. The smallest absolute Gasteiger partial charge is 0.248 e. The largest absolute Gasteiger partial charge is 0.366 e. The first-order chi connectivity index (χ1) is 6.63. The predicted molar refractivity (Wildman–Crippen MR) is 61.2 cm³/mol. The van der Waals surface area contributed by atoms with E-state index in [1.165, 1.54) is 0 Å². The Balaban J connectivity index is 2.89. The van der Waals surface area contributed by atoms with Crippen LogP contribution in [0.15, 0.2) is 29.3 Å². The Hall–Kier alpha value is -1.29. The summed E-state index contributed by atoms with van der Waals surface area (Å²) in [5.41, 5.74) is 6.45. The van der Waals surface area contributed by atoms with Gasteiger partial charge in [0.15, 0.2) is 0 Å². The maximum absolute atomic E-state index is 10.8. The minimum atomic E-state index is -0.415. The summed E-state index contributed by atoms with van der Waals surface area (Å²) in [6.07, 6.45) is 1.97. The molecule has 4 heteroatoms. The van der Waals surface area contributed by atoms with Crippen molar-refractivity contribution in [3.05, 3.63) is 29.8 Å². The van der Waals surface area contributed by atoms with Gasteiger partial charge in [-0.1, -0.05) is 0 Å². The monoisotopic (exact) mass is 208 g/mol. The van der Waals surface area contributed by atoms with E-state index in [2.05, 4.69) is 4.99 Å². The van der Waals surface area contributed by atoms with Crippen molar-refractivity contribution < 1.29 is 4.79 Å². The van der Waals surface area contributed by atoms with Crippen LogP contribution in [0.2, 0.25) is 0 Å². The van der Waals surface area contributed by atoms with Gasteiger partial charge in [-0.15, -0.1) is 11.8 Å². The van der Waals surface area contributed by atoms with Crippen molar-refractivity contribution in [2.24, 2.45) is 10.7 Å². The second kappa shape index (κ2) is 4.81. The van der Waals surface area contributed by atoms with Crippen molar-refractivity contribution in [3.63, 3.8) is 0 Å². The fraction of sp³-hybridized carbons (Fsp3) is 0.200. The number of rotatable bonds is 2. The van der Waals surface area contributed by atoms with Gasteiger partial charge in [0.25, 0.3) is 0 Å². The van der Waals surface area contributed by atoms with Gasteiger partial charge in [-0.05, 0) is 37.4 Å². The van der Waals surface area contributed by atoms with Crippen LogP contribution >= 0.6 is 11.8 Å². The van der Waals surface area contributed by atoms with Crippen molar-refractivity contribution in [1.82, 2.24) is 0 Å². The molecule has 0 saturated carbocycles. The van der Waals surface area contributed by atoms with Crippen molar-refractivity contribution in [1.29, 1.82) is 0 Å². The lowest BCUT2D eigenvalue weighted by atomic mass is 10.2. The van der Waals surface area contributed by atoms with Crippen LogP contribution in [0, 0.1) is 0 Å². The van der Waals surface area contributed by atoms with Crippen LogP contribution < -0.4 is 5.73 Å². The molecular weight excluding hydrogens is 196 g/mol. The van der Waals surface area contributed by atoms with Gasteiger partial charge in [-0.25, -0.2) is 4.99 Å². The Kier molecular flexibility index (Phi) is 3.71. The third-order valence-electron chi connectivity index (χ3n) is 1.73. The predicted octanol–water partition coefficient (Wildman–Crippen LogP) is 2.20. The first-order valence-corrected chi connectivity index (χ1v) is 5.35. The Labute approximate surface area is 87.4 Å². The number of carbonyl (C=O) groups is 1. The molecule has 1 amide bonds. The van der Waals surface area contributed by atoms with Gasteiger partial charge in [0.1, 0.15) is 0 Å². The summed E-state index contributed by atoms with van der Waals surface area (Å²) in [6.45, 7) is 1.94. The van der Waals surface area contributed by atoms with E-state index in [9.17, 15) is 4.79 Å². The lowest BCUT2D eigenvalue weighted by Gasteiger charge is -1.98. The lowest BCUT2D eigenvalue weighted by Crippen LogP contribution is -2.10. The van der Waals surface area contributed by atoms with Crippen molar-refractivity contribution in [3.8, 4) is 0 Å². The first-order valence-electron chi connectivity index (χ1n) is 4.12. The number of primary amides is 1. The molecule has 1 aromatic carbocycles. The van der Waals surface area contributed by atoms with E-state index in [0.717, 1.165) is 10.7 Å². The fourth-order valence-corrected chi connectivity index (χ4v) is 1.12. The molecule has 0 atom stereocenters. The van der Waals surface area contributed by atoms with Crippen LogP contribution in [-0.4, -0.2) is 17.2 Å². The first kappa shape index (κ1) is 10.8. The molecule has 0 heterocycles. The average molecular weight is 208 g/mol. The van der Waals surface area contributed by atoms with E-state index >= 15 is 0 Å². The Morgan fingerprint density at radius 3 is 2.36 bits per heavy atom. The highest BCUT2D eigenvalue weighted by molar-refractivity contribution is 8.13. The Morgan fingerprint density at radius 1 is 1.36 bits per heavy atom. The number of hydrogen-bond donors (Lipinski definition) is 1.